The molecule has 3 heterocycles. The van der Waals surface area contributed by atoms with Crippen molar-refractivity contribution in [3.63, 3.8) is 0 Å². The van der Waals surface area contributed by atoms with E-state index in [4.69, 9.17) is 9.98 Å². The number of nitrogens with zero attached hydrogens (tertiary/aromatic N) is 4. The number of nitrogens with one attached hydrogen (secondary N) is 2. The number of aromatic nitrogens is 1. The first-order valence-corrected chi connectivity index (χ1v) is 12.6. The molecule has 0 radical (unpaired) electrons. The molecule has 0 bridgehead atoms. The highest BCUT2D eigenvalue weighted by Gasteiger charge is 2.32. The number of hydrogen-bond donors (Lipinski definition) is 2. The van der Waals surface area contributed by atoms with Gasteiger partial charge in [0.15, 0.2) is 11.1 Å². The van der Waals surface area contributed by atoms with Gasteiger partial charge in [0, 0.05) is 63.0 Å². The van der Waals surface area contributed by atoms with Gasteiger partial charge in [-0.3, -0.25) is 9.79 Å². The Morgan fingerprint density at radius 3 is 2.77 bits per heavy atom. The van der Waals surface area contributed by atoms with Crippen LogP contribution in [-0.4, -0.2) is 67.1 Å². The zero-order valence-corrected chi connectivity index (χ0v) is 19.1. The van der Waals surface area contributed by atoms with E-state index in [0.29, 0.717) is 5.91 Å². The van der Waals surface area contributed by atoms with Crippen LogP contribution in [0.15, 0.2) is 10.4 Å². The van der Waals surface area contributed by atoms with Crippen LogP contribution in [0, 0.1) is 5.92 Å². The summed E-state index contributed by atoms with van der Waals surface area (Å²) in [6.45, 7) is 7.58. The highest BCUT2D eigenvalue weighted by atomic mass is 32.1. The normalized spacial score (nSPS) is 22.8. The number of rotatable bonds is 7. The fourth-order valence-corrected chi connectivity index (χ4v) is 5.68. The monoisotopic (exact) mass is 432 g/mol. The minimum atomic E-state index is 0.272. The van der Waals surface area contributed by atoms with Gasteiger partial charge in [-0.25, -0.2) is 4.98 Å². The van der Waals surface area contributed by atoms with Crippen molar-refractivity contribution in [3.8, 4) is 0 Å². The standard InChI is InChI=1S/C22H36N6OS/c1-2-23-21(24-11-9-19-16-30-22(26-19)27-12-5-6-13-27)25-18-10-14-28(15-18)20(29)17-7-3-4-8-17/h16-18H,2-15H2,1H3,(H2,23,24,25). The van der Waals surface area contributed by atoms with E-state index in [2.05, 4.69) is 32.7 Å². The SMILES string of the molecule is CCNC(=NCCc1csc(N2CCCC2)n1)NC1CCN(C(=O)C2CCCC2)C1. The minimum absolute atomic E-state index is 0.272. The van der Waals surface area contributed by atoms with Crippen LogP contribution in [0.1, 0.15) is 57.6 Å². The molecule has 7 nitrogen and oxygen atoms in total. The molecule has 1 aromatic rings. The quantitative estimate of drug-likeness (QED) is 0.512. The number of carbonyl (C=O) groups is 1. The number of thiazole rings is 1. The van der Waals surface area contributed by atoms with Gasteiger partial charge in [-0.15, -0.1) is 11.3 Å². The van der Waals surface area contributed by atoms with E-state index in [1.54, 1.807) is 11.3 Å². The number of aliphatic imine (C=N–C) groups is 1. The number of guanidine groups is 1. The van der Waals surface area contributed by atoms with Crippen molar-refractivity contribution in [2.24, 2.45) is 10.9 Å². The molecule has 0 spiro atoms. The molecule has 4 rings (SSSR count). The van der Waals surface area contributed by atoms with Crippen LogP contribution in [-0.2, 0) is 11.2 Å². The van der Waals surface area contributed by atoms with Crippen molar-refractivity contribution in [2.45, 2.75) is 64.3 Å². The first-order chi connectivity index (χ1) is 14.7. The van der Waals surface area contributed by atoms with Gasteiger partial charge >= 0.3 is 0 Å². The fraction of sp³-hybridized carbons (Fsp3) is 0.773. The average molecular weight is 433 g/mol. The lowest BCUT2D eigenvalue weighted by Gasteiger charge is -2.21. The largest absolute Gasteiger partial charge is 0.357 e. The van der Waals surface area contributed by atoms with Crippen LogP contribution in [0.4, 0.5) is 5.13 Å². The lowest BCUT2D eigenvalue weighted by Crippen LogP contribution is -2.45. The molecule has 30 heavy (non-hydrogen) atoms. The van der Waals surface area contributed by atoms with Crippen molar-refractivity contribution in [3.05, 3.63) is 11.1 Å². The topological polar surface area (TPSA) is 72.9 Å². The predicted octanol–water partition coefficient (Wildman–Crippen LogP) is 2.63. The summed E-state index contributed by atoms with van der Waals surface area (Å²) in [5.41, 5.74) is 1.13. The van der Waals surface area contributed by atoms with E-state index in [0.717, 1.165) is 81.7 Å². The third-order valence-corrected chi connectivity index (χ3v) is 7.39. The summed E-state index contributed by atoms with van der Waals surface area (Å²) < 4.78 is 0. The van der Waals surface area contributed by atoms with Gasteiger partial charge in [0.05, 0.1) is 5.69 Å². The van der Waals surface area contributed by atoms with Gasteiger partial charge < -0.3 is 20.4 Å². The van der Waals surface area contributed by atoms with E-state index in [1.165, 1.54) is 25.7 Å². The summed E-state index contributed by atoms with van der Waals surface area (Å²) in [5.74, 6) is 1.50. The number of likely N-dealkylation sites (tertiary alicyclic amines) is 1. The molecule has 1 atom stereocenters. The van der Waals surface area contributed by atoms with Crippen molar-refractivity contribution in [1.82, 2.24) is 20.5 Å². The van der Waals surface area contributed by atoms with Gasteiger partial charge in [0.25, 0.3) is 0 Å². The molecular weight excluding hydrogens is 396 g/mol. The number of hydrogen-bond acceptors (Lipinski definition) is 5. The smallest absolute Gasteiger partial charge is 0.225 e. The van der Waals surface area contributed by atoms with Gasteiger partial charge in [0.2, 0.25) is 5.91 Å². The Bertz CT molecular complexity index is 723. The third-order valence-electron chi connectivity index (χ3n) is 6.44. The van der Waals surface area contributed by atoms with Crippen LogP contribution in [0.5, 0.6) is 0 Å². The second-order valence-electron chi connectivity index (χ2n) is 8.72. The summed E-state index contributed by atoms with van der Waals surface area (Å²) in [4.78, 5) is 26.7. The molecule has 0 aromatic carbocycles. The molecule has 2 aliphatic heterocycles. The Morgan fingerprint density at radius 1 is 1.20 bits per heavy atom. The summed E-state index contributed by atoms with van der Waals surface area (Å²) >= 11 is 1.75. The molecule has 1 unspecified atom stereocenters. The predicted molar refractivity (Wildman–Crippen MR) is 123 cm³/mol. The van der Waals surface area contributed by atoms with Crippen LogP contribution in [0.25, 0.3) is 0 Å². The summed E-state index contributed by atoms with van der Waals surface area (Å²) in [5, 5.41) is 10.2. The second-order valence-corrected chi connectivity index (χ2v) is 9.56. The molecule has 1 aliphatic carbocycles. The Morgan fingerprint density at radius 2 is 2.00 bits per heavy atom. The van der Waals surface area contributed by atoms with E-state index in [-0.39, 0.29) is 12.0 Å². The van der Waals surface area contributed by atoms with Crippen molar-refractivity contribution in [1.29, 1.82) is 0 Å². The molecule has 1 aromatic heterocycles. The maximum Gasteiger partial charge on any atom is 0.225 e. The van der Waals surface area contributed by atoms with Gasteiger partial charge in [-0.1, -0.05) is 12.8 Å². The maximum absolute atomic E-state index is 12.7. The highest BCUT2D eigenvalue weighted by Crippen LogP contribution is 2.28. The van der Waals surface area contributed by atoms with E-state index in [9.17, 15) is 4.79 Å². The summed E-state index contributed by atoms with van der Waals surface area (Å²) in [7, 11) is 0. The van der Waals surface area contributed by atoms with Gasteiger partial charge in [0.1, 0.15) is 0 Å². The third kappa shape index (κ3) is 5.45. The molecule has 2 saturated heterocycles. The van der Waals surface area contributed by atoms with Crippen molar-refractivity contribution >= 4 is 28.3 Å². The molecule has 3 fully saturated rings. The lowest BCUT2D eigenvalue weighted by atomic mass is 10.1. The maximum atomic E-state index is 12.7. The van der Waals surface area contributed by atoms with Crippen LogP contribution < -0.4 is 15.5 Å². The Labute approximate surface area is 184 Å². The Balaban J connectivity index is 1.25. The van der Waals surface area contributed by atoms with Crippen molar-refractivity contribution in [2.75, 3.05) is 44.2 Å². The molecule has 8 heteroatoms. The first-order valence-electron chi connectivity index (χ1n) is 11.8. The number of anilines is 1. The van der Waals surface area contributed by atoms with E-state index in [1.807, 2.05) is 0 Å². The zero-order valence-electron chi connectivity index (χ0n) is 18.2. The minimum Gasteiger partial charge on any atom is -0.357 e. The molecule has 3 aliphatic rings. The lowest BCUT2D eigenvalue weighted by molar-refractivity contribution is -0.134. The summed E-state index contributed by atoms with van der Waals surface area (Å²) in [6, 6.07) is 0.286. The molecule has 2 N–H and O–H groups in total. The molecule has 166 valence electrons. The van der Waals surface area contributed by atoms with Crippen LogP contribution in [0.3, 0.4) is 0 Å². The van der Waals surface area contributed by atoms with Gasteiger partial charge in [-0.2, -0.15) is 0 Å². The fourth-order valence-electron chi connectivity index (χ4n) is 4.77. The number of carbonyl (C=O) groups excluding carboxylic acids is 1. The van der Waals surface area contributed by atoms with Crippen LogP contribution in [0.2, 0.25) is 0 Å². The molecule has 1 saturated carbocycles. The Kier molecular flexibility index (Phi) is 7.47. The van der Waals surface area contributed by atoms with E-state index < -0.39 is 0 Å². The van der Waals surface area contributed by atoms with Gasteiger partial charge in [-0.05, 0) is 39.0 Å². The zero-order chi connectivity index (χ0) is 20.8. The summed E-state index contributed by atoms with van der Waals surface area (Å²) in [6.07, 6.45) is 8.99. The molecule has 1 amide bonds. The molecular formula is C22H36N6OS. The Hall–Kier alpha value is -1.83. The average Bonchev–Trinajstić information content (AvgIpc) is 3.55. The second kappa shape index (κ2) is 10.5. The van der Waals surface area contributed by atoms with Crippen LogP contribution >= 0.6 is 11.3 Å². The van der Waals surface area contributed by atoms with Crippen molar-refractivity contribution < 1.29 is 4.79 Å². The highest BCUT2D eigenvalue weighted by molar-refractivity contribution is 7.13. The van der Waals surface area contributed by atoms with E-state index >= 15 is 0 Å². The number of amides is 1. The first kappa shape index (κ1) is 21.4.